The maximum absolute atomic E-state index is 13.3. The Kier molecular flexibility index (Phi) is 5.17. The average molecular weight is 427 g/mol. The van der Waals surface area contributed by atoms with Crippen LogP contribution in [0.1, 0.15) is 38.3 Å². The number of thioether (sulfide) groups is 1. The summed E-state index contributed by atoms with van der Waals surface area (Å²) in [4.78, 5) is 19.3. The zero-order valence-electron chi connectivity index (χ0n) is 16.6. The fraction of sp³-hybridized carbons (Fsp3) is 0.318. The number of carbonyl (C=O) groups is 1. The minimum Gasteiger partial charge on any atom is -0.306 e. The van der Waals surface area contributed by atoms with Gasteiger partial charge in [0.15, 0.2) is 5.16 Å². The second kappa shape index (κ2) is 7.50. The number of benzene rings is 2. The number of amides is 1. The van der Waals surface area contributed by atoms with Gasteiger partial charge in [-0.25, -0.2) is 4.98 Å². The van der Waals surface area contributed by atoms with Crippen molar-refractivity contribution in [2.75, 3.05) is 10.7 Å². The molecular weight excluding hydrogens is 404 g/mol. The number of hydrogen-bond acceptors (Lipinski definition) is 4. The largest absolute Gasteiger partial charge is 0.306 e. The van der Waals surface area contributed by atoms with Gasteiger partial charge in [0.25, 0.3) is 0 Å². The van der Waals surface area contributed by atoms with Gasteiger partial charge in [-0.1, -0.05) is 60.6 Å². The number of carbonyl (C=O) groups excluding carboxylic acids is 1. The Bertz CT molecular complexity index is 1020. The van der Waals surface area contributed by atoms with Crippen LogP contribution in [0.2, 0.25) is 5.02 Å². The number of aromatic amines is 1. The molecule has 2 heterocycles. The summed E-state index contributed by atoms with van der Waals surface area (Å²) in [6.45, 7) is 6.52. The lowest BCUT2D eigenvalue weighted by atomic mass is 9.65. The SMILES string of the molecule is CC1(c2ccc(Cl)cc2)CC(C)(C)N(C(=O)CSc2ncn[nH]2)c2ccccc21. The molecule has 0 aliphatic carbocycles. The van der Waals surface area contributed by atoms with Gasteiger partial charge in [0.05, 0.1) is 5.75 Å². The minimum absolute atomic E-state index is 0.0574. The van der Waals surface area contributed by atoms with E-state index >= 15 is 0 Å². The number of rotatable bonds is 4. The highest BCUT2D eigenvalue weighted by molar-refractivity contribution is 7.99. The average Bonchev–Trinajstić information content (AvgIpc) is 3.20. The summed E-state index contributed by atoms with van der Waals surface area (Å²) in [5, 5.41) is 8.01. The number of nitrogens with zero attached hydrogens (tertiary/aromatic N) is 3. The first-order valence-electron chi connectivity index (χ1n) is 9.48. The molecule has 1 aliphatic rings. The first-order chi connectivity index (χ1) is 13.8. The smallest absolute Gasteiger partial charge is 0.237 e. The van der Waals surface area contributed by atoms with Crippen molar-refractivity contribution in [3.63, 3.8) is 0 Å². The maximum Gasteiger partial charge on any atom is 0.237 e. The molecule has 0 saturated carbocycles. The summed E-state index contributed by atoms with van der Waals surface area (Å²) in [7, 11) is 0. The van der Waals surface area contributed by atoms with Gasteiger partial charge >= 0.3 is 0 Å². The van der Waals surface area contributed by atoms with Gasteiger partial charge in [0, 0.05) is 21.7 Å². The van der Waals surface area contributed by atoms with E-state index in [4.69, 9.17) is 11.6 Å². The fourth-order valence-electron chi connectivity index (χ4n) is 4.51. The van der Waals surface area contributed by atoms with Crippen LogP contribution in [-0.2, 0) is 10.2 Å². The molecule has 3 aromatic rings. The Morgan fingerprint density at radius 2 is 1.90 bits per heavy atom. The molecule has 4 rings (SSSR count). The van der Waals surface area contributed by atoms with Crippen LogP contribution >= 0.6 is 23.4 Å². The van der Waals surface area contributed by atoms with Gasteiger partial charge in [0.2, 0.25) is 5.91 Å². The quantitative estimate of drug-likeness (QED) is 0.591. The van der Waals surface area contributed by atoms with Crippen molar-refractivity contribution in [3.8, 4) is 0 Å². The predicted molar refractivity (Wildman–Crippen MR) is 118 cm³/mol. The van der Waals surface area contributed by atoms with Crippen molar-refractivity contribution >= 4 is 35.0 Å². The van der Waals surface area contributed by atoms with E-state index in [1.807, 2.05) is 35.2 Å². The number of hydrogen-bond donors (Lipinski definition) is 1. The molecule has 0 bridgehead atoms. The third-order valence-corrected chi connectivity index (χ3v) is 6.70. The van der Waals surface area contributed by atoms with E-state index in [0.717, 1.165) is 22.7 Å². The van der Waals surface area contributed by atoms with Crippen LogP contribution in [-0.4, -0.2) is 32.4 Å². The normalized spacial score (nSPS) is 20.3. The summed E-state index contributed by atoms with van der Waals surface area (Å²) in [6, 6.07) is 16.2. The number of aromatic nitrogens is 3. The van der Waals surface area contributed by atoms with Gasteiger partial charge in [-0.05, 0) is 49.6 Å². The van der Waals surface area contributed by atoms with Crippen LogP contribution in [0.4, 0.5) is 5.69 Å². The van der Waals surface area contributed by atoms with Gasteiger partial charge in [0.1, 0.15) is 6.33 Å². The van der Waals surface area contributed by atoms with Crippen LogP contribution in [0.15, 0.2) is 60.0 Å². The molecule has 1 aliphatic heterocycles. The standard InChI is InChI=1S/C22H23ClN4OS/c1-21(2)13-22(3,15-8-10-16(23)11-9-15)17-6-4-5-7-18(17)27(21)19(28)12-29-20-24-14-25-26-20/h4-11,14H,12-13H2,1-3H3,(H,24,25,26). The second-order valence-electron chi connectivity index (χ2n) is 8.15. The maximum atomic E-state index is 13.3. The van der Waals surface area contributed by atoms with Crippen LogP contribution < -0.4 is 4.90 Å². The van der Waals surface area contributed by atoms with Gasteiger partial charge in [-0.3, -0.25) is 9.89 Å². The molecule has 0 radical (unpaired) electrons. The Labute approximate surface area is 179 Å². The molecular formula is C22H23ClN4OS. The molecule has 150 valence electrons. The van der Waals surface area contributed by atoms with E-state index in [-0.39, 0.29) is 16.9 Å². The van der Waals surface area contributed by atoms with E-state index in [9.17, 15) is 4.79 Å². The van der Waals surface area contributed by atoms with Crippen LogP contribution in [0.5, 0.6) is 0 Å². The van der Waals surface area contributed by atoms with E-state index in [2.05, 4.69) is 54.2 Å². The molecule has 0 fully saturated rings. The number of nitrogens with one attached hydrogen (secondary N) is 1. The van der Waals surface area contributed by atoms with Crippen LogP contribution in [0.3, 0.4) is 0 Å². The summed E-state index contributed by atoms with van der Waals surface area (Å²) >= 11 is 7.49. The summed E-state index contributed by atoms with van der Waals surface area (Å²) in [5.41, 5.74) is 2.73. The highest BCUT2D eigenvalue weighted by Gasteiger charge is 2.47. The van der Waals surface area contributed by atoms with Crippen LogP contribution in [0.25, 0.3) is 0 Å². The topological polar surface area (TPSA) is 61.9 Å². The molecule has 5 nitrogen and oxygen atoms in total. The van der Waals surface area contributed by atoms with Crippen molar-refractivity contribution in [2.24, 2.45) is 0 Å². The van der Waals surface area contributed by atoms with Gasteiger partial charge in [-0.2, -0.15) is 5.10 Å². The predicted octanol–water partition coefficient (Wildman–Crippen LogP) is 5.07. The Morgan fingerprint density at radius 3 is 2.59 bits per heavy atom. The molecule has 0 saturated heterocycles. The molecule has 1 atom stereocenters. The number of para-hydroxylation sites is 1. The highest BCUT2D eigenvalue weighted by Crippen LogP contribution is 2.50. The van der Waals surface area contributed by atoms with E-state index in [1.165, 1.54) is 23.7 Å². The Morgan fingerprint density at radius 1 is 1.17 bits per heavy atom. The van der Waals surface area contributed by atoms with Gasteiger partial charge < -0.3 is 4.90 Å². The Hall–Kier alpha value is -2.31. The van der Waals surface area contributed by atoms with Crippen molar-refractivity contribution in [1.82, 2.24) is 15.2 Å². The fourth-order valence-corrected chi connectivity index (χ4v) is 5.26. The number of halogens is 1. The molecule has 0 spiro atoms. The molecule has 1 aromatic heterocycles. The summed E-state index contributed by atoms with van der Waals surface area (Å²) in [5.74, 6) is 0.354. The van der Waals surface area contributed by atoms with E-state index in [0.29, 0.717) is 10.9 Å². The first-order valence-corrected chi connectivity index (χ1v) is 10.8. The molecule has 1 N–H and O–H groups in total. The van der Waals surface area contributed by atoms with Crippen molar-refractivity contribution in [3.05, 3.63) is 71.0 Å². The Balaban J connectivity index is 1.73. The molecule has 1 amide bonds. The monoisotopic (exact) mass is 426 g/mol. The molecule has 7 heteroatoms. The lowest BCUT2D eigenvalue weighted by Crippen LogP contribution is -2.56. The zero-order chi connectivity index (χ0) is 20.6. The van der Waals surface area contributed by atoms with E-state index in [1.54, 1.807) is 0 Å². The molecule has 29 heavy (non-hydrogen) atoms. The van der Waals surface area contributed by atoms with Crippen LogP contribution in [0, 0.1) is 0 Å². The minimum atomic E-state index is -0.359. The van der Waals surface area contributed by atoms with Crippen molar-refractivity contribution < 1.29 is 4.79 Å². The third-order valence-electron chi connectivity index (χ3n) is 5.59. The molecule has 1 unspecified atom stereocenters. The highest BCUT2D eigenvalue weighted by atomic mass is 35.5. The number of fused-ring (bicyclic) bond motifs is 1. The lowest BCUT2D eigenvalue weighted by Gasteiger charge is -2.51. The number of anilines is 1. The summed E-state index contributed by atoms with van der Waals surface area (Å²) in [6.07, 6.45) is 2.25. The lowest BCUT2D eigenvalue weighted by molar-refractivity contribution is -0.117. The number of H-pyrrole nitrogens is 1. The zero-order valence-corrected chi connectivity index (χ0v) is 18.2. The van der Waals surface area contributed by atoms with Gasteiger partial charge in [-0.15, -0.1) is 0 Å². The first kappa shape index (κ1) is 20.0. The summed E-state index contributed by atoms with van der Waals surface area (Å²) < 4.78 is 0. The molecule has 2 aromatic carbocycles. The van der Waals surface area contributed by atoms with Crippen molar-refractivity contribution in [2.45, 2.75) is 43.3 Å². The van der Waals surface area contributed by atoms with Crippen molar-refractivity contribution in [1.29, 1.82) is 0 Å². The van der Waals surface area contributed by atoms with E-state index < -0.39 is 0 Å². The third kappa shape index (κ3) is 3.67. The second-order valence-corrected chi connectivity index (χ2v) is 9.55.